The van der Waals surface area contributed by atoms with Crippen LogP contribution in [0.25, 0.3) is 11.1 Å². The summed E-state index contributed by atoms with van der Waals surface area (Å²) in [5.74, 6) is -0.233. The molecule has 1 saturated heterocycles. The summed E-state index contributed by atoms with van der Waals surface area (Å²) in [5, 5.41) is 10.3. The first-order valence-corrected chi connectivity index (χ1v) is 13.4. The smallest absolute Gasteiger partial charge is 0.337 e. The summed E-state index contributed by atoms with van der Waals surface area (Å²) in [6.45, 7) is 14.3. The van der Waals surface area contributed by atoms with Gasteiger partial charge in [-0.15, -0.1) is 0 Å². The Kier molecular flexibility index (Phi) is 8.12. The number of rotatable bonds is 8. The molecule has 0 spiro atoms. The molecule has 1 aliphatic rings. The minimum Gasteiger partial charge on any atom is -0.489 e. The Bertz CT molecular complexity index is 1240. The van der Waals surface area contributed by atoms with Crippen molar-refractivity contribution in [2.75, 3.05) is 18.0 Å². The van der Waals surface area contributed by atoms with E-state index in [-0.39, 0.29) is 5.41 Å². The fourth-order valence-corrected chi connectivity index (χ4v) is 4.87. The van der Waals surface area contributed by atoms with Gasteiger partial charge >= 0.3 is 5.97 Å². The second-order valence-corrected chi connectivity index (χ2v) is 11.9. The van der Waals surface area contributed by atoms with Crippen LogP contribution in [-0.4, -0.2) is 34.8 Å². The number of aliphatic carboxylic acids is 1. The van der Waals surface area contributed by atoms with Gasteiger partial charge in [-0.1, -0.05) is 56.3 Å². The van der Waals surface area contributed by atoms with Gasteiger partial charge in [0, 0.05) is 36.1 Å². The van der Waals surface area contributed by atoms with Gasteiger partial charge in [-0.3, -0.25) is 4.98 Å². The SMILES string of the molecule is Cc1ncc(-c2ccc(OCc3ccccc3)cc2)c(N2CCC(C)(C)CC2)c1C(OC(C)(C)C)C(=O)O. The normalized spacial score (nSPS) is 16.2. The summed E-state index contributed by atoms with van der Waals surface area (Å²) in [6.07, 6.45) is 2.79. The van der Waals surface area contributed by atoms with Crippen LogP contribution in [0.1, 0.15) is 70.4 Å². The lowest BCUT2D eigenvalue weighted by Gasteiger charge is -2.41. The predicted molar refractivity (Wildman–Crippen MR) is 152 cm³/mol. The fourth-order valence-electron chi connectivity index (χ4n) is 4.87. The first-order chi connectivity index (χ1) is 17.9. The van der Waals surface area contributed by atoms with Gasteiger partial charge in [-0.25, -0.2) is 4.79 Å². The van der Waals surface area contributed by atoms with E-state index in [0.29, 0.717) is 17.9 Å². The number of hydrogen-bond acceptors (Lipinski definition) is 5. The van der Waals surface area contributed by atoms with Gasteiger partial charge in [-0.2, -0.15) is 0 Å². The van der Waals surface area contributed by atoms with E-state index in [1.807, 2.05) is 88.5 Å². The highest BCUT2D eigenvalue weighted by molar-refractivity contribution is 5.86. The van der Waals surface area contributed by atoms with Gasteiger partial charge in [0.05, 0.1) is 11.3 Å². The number of benzene rings is 2. The molecule has 6 nitrogen and oxygen atoms in total. The largest absolute Gasteiger partial charge is 0.489 e. The lowest BCUT2D eigenvalue weighted by atomic mass is 9.82. The Morgan fingerprint density at radius 2 is 1.68 bits per heavy atom. The molecule has 3 aromatic rings. The minimum atomic E-state index is -1.12. The van der Waals surface area contributed by atoms with Gasteiger partial charge in [-0.05, 0) is 69.2 Å². The number of anilines is 1. The molecule has 6 heteroatoms. The third-order valence-corrected chi connectivity index (χ3v) is 7.09. The molecule has 202 valence electrons. The average Bonchev–Trinajstić information content (AvgIpc) is 2.86. The molecule has 1 aromatic heterocycles. The van der Waals surface area contributed by atoms with Crippen molar-refractivity contribution in [1.29, 1.82) is 0 Å². The molecule has 38 heavy (non-hydrogen) atoms. The summed E-state index contributed by atoms with van der Waals surface area (Å²) in [7, 11) is 0. The van der Waals surface area contributed by atoms with Crippen LogP contribution in [0, 0.1) is 12.3 Å². The number of piperidine rings is 1. The number of ether oxygens (including phenoxy) is 2. The van der Waals surface area contributed by atoms with Gasteiger partial charge in [0.2, 0.25) is 0 Å². The number of hydrogen-bond donors (Lipinski definition) is 1. The number of aryl methyl sites for hydroxylation is 1. The number of nitrogens with zero attached hydrogens (tertiary/aromatic N) is 2. The molecule has 0 bridgehead atoms. The molecular weight excluding hydrogens is 476 g/mol. The van der Waals surface area contributed by atoms with Crippen LogP contribution in [0.4, 0.5) is 5.69 Å². The Balaban J connectivity index is 1.74. The summed E-state index contributed by atoms with van der Waals surface area (Å²) >= 11 is 0. The zero-order valence-electron chi connectivity index (χ0n) is 23.5. The third kappa shape index (κ3) is 6.73. The number of carboxylic acids is 1. The lowest BCUT2D eigenvalue weighted by molar-refractivity contribution is -0.160. The van der Waals surface area contributed by atoms with Crippen LogP contribution in [0.3, 0.4) is 0 Å². The quantitative estimate of drug-likeness (QED) is 0.341. The van der Waals surface area contributed by atoms with E-state index in [0.717, 1.165) is 54.1 Å². The van der Waals surface area contributed by atoms with E-state index in [2.05, 4.69) is 23.7 Å². The molecule has 1 atom stereocenters. The van der Waals surface area contributed by atoms with Crippen LogP contribution >= 0.6 is 0 Å². The highest BCUT2D eigenvalue weighted by Gasteiger charge is 2.35. The van der Waals surface area contributed by atoms with Gasteiger partial charge in [0.1, 0.15) is 12.4 Å². The molecule has 1 fully saturated rings. The standard InChI is InChI=1S/C32H40N2O4/c1-22-27(29(30(35)36)38-31(2,3)4)28(34-18-16-32(5,6)17-19-34)26(20-33-22)24-12-14-25(15-13-24)37-21-23-10-8-7-9-11-23/h7-15,20,29H,16-19,21H2,1-6H3,(H,35,36). The first-order valence-electron chi connectivity index (χ1n) is 13.4. The van der Waals surface area contributed by atoms with Gasteiger partial charge in [0.25, 0.3) is 0 Å². The van der Waals surface area contributed by atoms with Crippen molar-refractivity contribution in [1.82, 2.24) is 4.98 Å². The molecule has 0 aliphatic carbocycles. The third-order valence-electron chi connectivity index (χ3n) is 7.09. The molecule has 1 unspecified atom stereocenters. The van der Waals surface area contributed by atoms with Crippen molar-refractivity contribution in [3.05, 3.63) is 77.6 Å². The highest BCUT2D eigenvalue weighted by Crippen LogP contribution is 2.43. The van der Waals surface area contributed by atoms with Crippen molar-refractivity contribution in [2.45, 2.75) is 72.7 Å². The number of carboxylic acid groups (broad SMARTS) is 1. The van der Waals surface area contributed by atoms with Gasteiger partial charge in [0.15, 0.2) is 6.10 Å². The molecule has 0 radical (unpaired) electrons. The number of aromatic nitrogens is 1. The van der Waals surface area contributed by atoms with Crippen LogP contribution in [0.5, 0.6) is 5.75 Å². The summed E-state index contributed by atoms with van der Waals surface area (Å²) in [4.78, 5) is 19.6. The topological polar surface area (TPSA) is 71.9 Å². The van der Waals surface area contributed by atoms with Crippen molar-refractivity contribution in [3.63, 3.8) is 0 Å². The van der Waals surface area contributed by atoms with Crippen molar-refractivity contribution < 1.29 is 19.4 Å². The number of pyridine rings is 1. The Hall–Kier alpha value is -3.38. The van der Waals surface area contributed by atoms with Crippen LogP contribution in [-0.2, 0) is 16.1 Å². The molecular formula is C32H40N2O4. The van der Waals surface area contributed by atoms with Gasteiger partial charge < -0.3 is 19.5 Å². The molecule has 1 aliphatic heterocycles. The number of carbonyl (C=O) groups is 1. The molecule has 2 aromatic carbocycles. The minimum absolute atomic E-state index is 0.255. The molecule has 0 saturated carbocycles. The van der Waals surface area contributed by atoms with E-state index in [9.17, 15) is 9.90 Å². The summed E-state index contributed by atoms with van der Waals surface area (Å²) < 4.78 is 12.1. The maximum absolute atomic E-state index is 12.6. The van der Waals surface area contributed by atoms with E-state index in [4.69, 9.17) is 9.47 Å². The predicted octanol–water partition coefficient (Wildman–Crippen LogP) is 7.20. The van der Waals surface area contributed by atoms with Crippen molar-refractivity contribution >= 4 is 11.7 Å². The molecule has 1 N–H and O–H groups in total. The monoisotopic (exact) mass is 516 g/mol. The maximum Gasteiger partial charge on any atom is 0.337 e. The molecule has 0 amide bonds. The molecule has 4 rings (SSSR count). The summed E-state index contributed by atoms with van der Waals surface area (Å²) in [6, 6.07) is 18.0. The van der Waals surface area contributed by atoms with Crippen molar-refractivity contribution in [3.8, 4) is 16.9 Å². The Labute approximate surface area is 226 Å². The van der Waals surface area contributed by atoms with Crippen LogP contribution in [0.2, 0.25) is 0 Å². The Morgan fingerprint density at radius 1 is 1.05 bits per heavy atom. The van der Waals surface area contributed by atoms with Crippen LogP contribution < -0.4 is 9.64 Å². The summed E-state index contributed by atoms with van der Waals surface area (Å²) in [5.41, 5.74) is 4.81. The second-order valence-electron chi connectivity index (χ2n) is 11.9. The first kappa shape index (κ1) is 27.6. The molecule has 2 heterocycles. The fraction of sp³-hybridized carbons (Fsp3) is 0.438. The van der Waals surface area contributed by atoms with E-state index >= 15 is 0 Å². The lowest BCUT2D eigenvalue weighted by Crippen LogP contribution is -2.39. The average molecular weight is 517 g/mol. The Morgan fingerprint density at radius 3 is 2.26 bits per heavy atom. The van der Waals surface area contributed by atoms with E-state index in [1.54, 1.807) is 0 Å². The maximum atomic E-state index is 12.6. The second kappa shape index (κ2) is 11.2. The van der Waals surface area contributed by atoms with Crippen molar-refractivity contribution in [2.24, 2.45) is 5.41 Å². The van der Waals surface area contributed by atoms with E-state index in [1.165, 1.54) is 0 Å². The zero-order chi connectivity index (χ0) is 27.5. The van der Waals surface area contributed by atoms with E-state index < -0.39 is 17.7 Å². The zero-order valence-corrected chi connectivity index (χ0v) is 23.5. The van der Waals surface area contributed by atoms with Crippen LogP contribution in [0.15, 0.2) is 60.8 Å². The highest BCUT2D eigenvalue weighted by atomic mass is 16.5.